The second-order valence-electron chi connectivity index (χ2n) is 3.64. The van der Waals surface area contributed by atoms with Crippen LogP contribution in [-0.2, 0) is 16.6 Å². The third-order valence-corrected chi connectivity index (χ3v) is 5.95. The van der Waals surface area contributed by atoms with Gasteiger partial charge in [0.25, 0.3) is 10.0 Å². The predicted octanol–water partition coefficient (Wildman–Crippen LogP) is 1.65. The maximum atomic E-state index is 12.3. The van der Waals surface area contributed by atoms with Crippen molar-refractivity contribution in [2.24, 2.45) is 0 Å². The van der Waals surface area contributed by atoms with E-state index >= 15 is 0 Å². The number of hydrogen-bond acceptors (Lipinski definition) is 5. The Labute approximate surface area is 114 Å². The van der Waals surface area contributed by atoms with Gasteiger partial charge in [0.1, 0.15) is 5.82 Å². The van der Waals surface area contributed by atoms with Gasteiger partial charge in [0.15, 0.2) is 8.68 Å². The van der Waals surface area contributed by atoms with E-state index in [4.69, 9.17) is 11.6 Å². The Morgan fingerprint density at radius 3 is 2.78 bits per heavy atom. The van der Waals surface area contributed by atoms with Gasteiger partial charge in [0.05, 0.1) is 12.2 Å². The van der Waals surface area contributed by atoms with Gasteiger partial charge in [0.2, 0.25) is 0 Å². The fourth-order valence-electron chi connectivity index (χ4n) is 1.41. The second-order valence-corrected chi connectivity index (χ2v) is 7.46. The SMILES string of the molecule is Cc1nc(Cl)sc1S(=O)(=O)N(C)Cc1ncc[nH]1. The van der Waals surface area contributed by atoms with Gasteiger partial charge in [-0.15, -0.1) is 0 Å². The van der Waals surface area contributed by atoms with E-state index < -0.39 is 10.0 Å². The fraction of sp³-hybridized carbons (Fsp3) is 0.333. The summed E-state index contributed by atoms with van der Waals surface area (Å²) >= 11 is 6.68. The first kappa shape index (κ1) is 13.5. The molecule has 2 heterocycles. The lowest BCUT2D eigenvalue weighted by molar-refractivity contribution is 0.459. The fourth-order valence-corrected chi connectivity index (χ4v) is 4.47. The van der Waals surface area contributed by atoms with E-state index in [1.807, 2.05) is 0 Å². The zero-order valence-corrected chi connectivity index (χ0v) is 12.1. The molecule has 0 fully saturated rings. The molecule has 0 unspecified atom stereocenters. The number of nitrogens with zero attached hydrogens (tertiary/aromatic N) is 3. The molecule has 98 valence electrons. The number of rotatable bonds is 4. The van der Waals surface area contributed by atoms with Crippen LogP contribution in [0.15, 0.2) is 16.6 Å². The minimum absolute atomic E-state index is 0.168. The molecule has 2 rings (SSSR count). The first-order chi connectivity index (χ1) is 8.41. The Morgan fingerprint density at radius 2 is 2.28 bits per heavy atom. The molecule has 0 bridgehead atoms. The maximum absolute atomic E-state index is 12.3. The average molecular weight is 307 g/mol. The van der Waals surface area contributed by atoms with Gasteiger partial charge in [-0.1, -0.05) is 22.9 Å². The Bertz CT molecular complexity index is 636. The largest absolute Gasteiger partial charge is 0.347 e. The lowest BCUT2D eigenvalue weighted by atomic mass is 10.6. The molecule has 0 spiro atoms. The third-order valence-electron chi connectivity index (χ3n) is 2.30. The summed E-state index contributed by atoms with van der Waals surface area (Å²) in [5.74, 6) is 0.578. The number of aromatic nitrogens is 3. The van der Waals surface area contributed by atoms with Crippen LogP contribution < -0.4 is 0 Å². The number of halogens is 1. The van der Waals surface area contributed by atoms with E-state index in [9.17, 15) is 8.42 Å². The van der Waals surface area contributed by atoms with Gasteiger partial charge in [-0.2, -0.15) is 4.31 Å². The van der Waals surface area contributed by atoms with E-state index in [2.05, 4.69) is 15.0 Å². The van der Waals surface area contributed by atoms with E-state index in [0.29, 0.717) is 11.5 Å². The Morgan fingerprint density at radius 1 is 1.56 bits per heavy atom. The molecule has 18 heavy (non-hydrogen) atoms. The lowest BCUT2D eigenvalue weighted by Crippen LogP contribution is -2.26. The van der Waals surface area contributed by atoms with E-state index in [0.717, 1.165) is 11.3 Å². The highest BCUT2D eigenvalue weighted by Crippen LogP contribution is 2.29. The van der Waals surface area contributed by atoms with E-state index in [1.165, 1.54) is 11.4 Å². The summed E-state index contributed by atoms with van der Waals surface area (Å²) in [7, 11) is -2.09. The minimum Gasteiger partial charge on any atom is -0.347 e. The van der Waals surface area contributed by atoms with Crippen LogP contribution in [0, 0.1) is 6.92 Å². The quantitative estimate of drug-likeness (QED) is 0.931. The van der Waals surface area contributed by atoms with Crippen molar-refractivity contribution in [1.82, 2.24) is 19.3 Å². The van der Waals surface area contributed by atoms with Crippen LogP contribution in [0.2, 0.25) is 4.47 Å². The highest BCUT2D eigenvalue weighted by Gasteiger charge is 2.26. The summed E-state index contributed by atoms with van der Waals surface area (Å²) in [5.41, 5.74) is 0.413. The van der Waals surface area contributed by atoms with Gasteiger partial charge >= 0.3 is 0 Å². The highest BCUT2D eigenvalue weighted by atomic mass is 35.5. The molecule has 0 aromatic carbocycles. The topological polar surface area (TPSA) is 79.0 Å². The number of thiazole rings is 1. The number of H-pyrrole nitrogens is 1. The summed E-state index contributed by atoms with van der Waals surface area (Å²) in [6, 6.07) is 0. The number of nitrogens with one attached hydrogen (secondary N) is 1. The van der Waals surface area contributed by atoms with Gasteiger partial charge in [0, 0.05) is 19.4 Å². The lowest BCUT2D eigenvalue weighted by Gasteiger charge is -2.14. The second kappa shape index (κ2) is 4.96. The summed E-state index contributed by atoms with van der Waals surface area (Å²) < 4.78 is 26.2. The van der Waals surface area contributed by atoms with Gasteiger partial charge < -0.3 is 4.98 Å². The normalized spacial score (nSPS) is 12.2. The van der Waals surface area contributed by atoms with Crippen molar-refractivity contribution in [2.45, 2.75) is 17.7 Å². The van der Waals surface area contributed by atoms with Crippen molar-refractivity contribution >= 4 is 33.0 Å². The van der Waals surface area contributed by atoms with Gasteiger partial charge in [-0.3, -0.25) is 0 Å². The zero-order chi connectivity index (χ0) is 13.3. The first-order valence-corrected chi connectivity index (χ1v) is 7.62. The number of hydrogen-bond donors (Lipinski definition) is 1. The van der Waals surface area contributed by atoms with Crippen molar-refractivity contribution < 1.29 is 8.42 Å². The van der Waals surface area contributed by atoms with Crippen LogP contribution in [0.5, 0.6) is 0 Å². The zero-order valence-electron chi connectivity index (χ0n) is 9.71. The Hall–Kier alpha value is -0.960. The van der Waals surface area contributed by atoms with Crippen LogP contribution in [0.25, 0.3) is 0 Å². The molecule has 2 aromatic heterocycles. The molecule has 0 aliphatic rings. The molecule has 9 heteroatoms. The monoisotopic (exact) mass is 306 g/mol. The van der Waals surface area contributed by atoms with E-state index in [1.54, 1.807) is 19.3 Å². The van der Waals surface area contributed by atoms with Crippen molar-refractivity contribution in [2.75, 3.05) is 7.05 Å². The number of aryl methyl sites for hydroxylation is 1. The van der Waals surface area contributed by atoms with Crippen LogP contribution in [0.3, 0.4) is 0 Å². The molecular weight excluding hydrogens is 296 g/mol. The molecule has 0 amide bonds. The van der Waals surface area contributed by atoms with Crippen molar-refractivity contribution in [3.05, 3.63) is 28.4 Å². The van der Waals surface area contributed by atoms with Crippen LogP contribution in [-0.4, -0.2) is 34.7 Å². The molecule has 0 radical (unpaired) electrons. The average Bonchev–Trinajstić information content (AvgIpc) is 2.88. The molecule has 2 aromatic rings. The molecule has 0 aliphatic carbocycles. The summed E-state index contributed by atoms with van der Waals surface area (Å²) in [6.45, 7) is 1.79. The predicted molar refractivity (Wildman–Crippen MR) is 69.1 cm³/mol. The Kier molecular flexibility index (Phi) is 3.71. The van der Waals surface area contributed by atoms with Gasteiger partial charge in [-0.25, -0.2) is 18.4 Å². The highest BCUT2D eigenvalue weighted by molar-refractivity contribution is 7.91. The van der Waals surface area contributed by atoms with Crippen LogP contribution in [0.1, 0.15) is 11.5 Å². The minimum atomic E-state index is -3.58. The molecule has 0 atom stereocenters. The molecule has 0 aliphatic heterocycles. The third kappa shape index (κ3) is 2.56. The van der Waals surface area contributed by atoms with Crippen molar-refractivity contribution in [3.63, 3.8) is 0 Å². The summed E-state index contributed by atoms with van der Waals surface area (Å²) in [5, 5.41) is 0. The molecule has 6 nitrogen and oxygen atoms in total. The Balaban J connectivity index is 2.28. The number of imidazole rings is 1. The van der Waals surface area contributed by atoms with E-state index in [-0.39, 0.29) is 15.2 Å². The number of aromatic amines is 1. The molecular formula is C9H11ClN4O2S2. The van der Waals surface area contributed by atoms with Crippen LogP contribution >= 0.6 is 22.9 Å². The van der Waals surface area contributed by atoms with Gasteiger partial charge in [-0.05, 0) is 6.92 Å². The standard InChI is InChI=1S/C9H11ClN4O2S2/c1-6-8(17-9(10)13-6)18(15,16)14(2)5-7-11-3-4-12-7/h3-4H,5H2,1-2H3,(H,11,12). The summed E-state index contributed by atoms with van der Waals surface area (Å²) in [4.78, 5) is 10.8. The molecule has 1 N–H and O–H groups in total. The maximum Gasteiger partial charge on any atom is 0.254 e. The summed E-state index contributed by atoms with van der Waals surface area (Å²) in [6.07, 6.45) is 3.22. The molecule has 0 saturated heterocycles. The molecule has 0 saturated carbocycles. The van der Waals surface area contributed by atoms with Crippen LogP contribution in [0.4, 0.5) is 0 Å². The number of sulfonamides is 1. The van der Waals surface area contributed by atoms with Crippen molar-refractivity contribution in [1.29, 1.82) is 0 Å². The van der Waals surface area contributed by atoms with Crippen molar-refractivity contribution in [3.8, 4) is 0 Å². The first-order valence-electron chi connectivity index (χ1n) is 4.99. The smallest absolute Gasteiger partial charge is 0.254 e.